The number of allylic oxidation sites excluding steroid dienone is 3. The van der Waals surface area contributed by atoms with Crippen molar-refractivity contribution in [1.29, 1.82) is 0 Å². The topological polar surface area (TPSA) is 0 Å². The van der Waals surface area contributed by atoms with E-state index in [1.54, 1.807) is 0 Å². The SMILES string of the molecule is C=CCC(C)=C[CH2-].[Cl][Pd+]. The van der Waals surface area contributed by atoms with Crippen LogP contribution < -0.4 is 0 Å². The molecule has 0 heterocycles. The van der Waals surface area contributed by atoms with Crippen molar-refractivity contribution in [2.45, 2.75) is 13.3 Å². The molecule has 2 heteroatoms. The first-order valence-electron chi connectivity index (χ1n) is 2.49. The van der Waals surface area contributed by atoms with Gasteiger partial charge in [0.15, 0.2) is 0 Å². The molecular formula is C7H11ClPd. The Morgan fingerprint density at radius 2 is 2.22 bits per heavy atom. The zero-order chi connectivity index (χ0) is 7.70. The molecule has 0 bridgehead atoms. The molecule has 0 saturated heterocycles. The van der Waals surface area contributed by atoms with E-state index in [2.05, 4.69) is 41.2 Å². The van der Waals surface area contributed by atoms with Gasteiger partial charge in [-0.2, -0.15) is 0 Å². The second-order valence-corrected chi connectivity index (χ2v) is 1.54. The number of halogens is 1. The summed E-state index contributed by atoms with van der Waals surface area (Å²) in [5.41, 5.74) is 1.27. The van der Waals surface area contributed by atoms with E-state index in [4.69, 9.17) is 0 Å². The molecule has 0 rings (SSSR count). The van der Waals surface area contributed by atoms with Gasteiger partial charge in [0.2, 0.25) is 0 Å². The van der Waals surface area contributed by atoms with Crippen LogP contribution in [0.1, 0.15) is 13.3 Å². The van der Waals surface area contributed by atoms with Gasteiger partial charge in [0.25, 0.3) is 0 Å². The average molecular weight is 237 g/mol. The van der Waals surface area contributed by atoms with Crippen LogP contribution in [0.25, 0.3) is 0 Å². The third-order valence-corrected chi connectivity index (χ3v) is 0.815. The normalized spacial score (nSPS) is 9.56. The fourth-order valence-electron chi connectivity index (χ4n) is 0.311. The fraction of sp³-hybridized carbons (Fsp3) is 0.286. The fourth-order valence-corrected chi connectivity index (χ4v) is 0.311. The summed E-state index contributed by atoms with van der Waals surface area (Å²) >= 11 is 2.22. The molecule has 0 saturated carbocycles. The Bertz CT molecular complexity index is 86.9. The molecule has 0 aromatic rings. The molecule has 0 aliphatic rings. The summed E-state index contributed by atoms with van der Waals surface area (Å²) in [7, 11) is 4.49. The molecule has 0 N–H and O–H groups in total. The molecule has 0 spiro atoms. The molecule has 0 aliphatic carbocycles. The van der Waals surface area contributed by atoms with E-state index in [0.29, 0.717) is 0 Å². The average Bonchev–Trinajstić information content (AvgIpc) is 1.93. The van der Waals surface area contributed by atoms with Crippen LogP contribution in [0.15, 0.2) is 24.3 Å². The second-order valence-electron chi connectivity index (χ2n) is 1.54. The van der Waals surface area contributed by atoms with Gasteiger partial charge in [-0.05, 0) is 0 Å². The van der Waals surface area contributed by atoms with Gasteiger partial charge in [0.05, 0.1) is 0 Å². The minimum absolute atomic E-state index is 0.962. The third-order valence-electron chi connectivity index (χ3n) is 0.815. The summed E-state index contributed by atoms with van der Waals surface area (Å²) in [6.45, 7) is 9.21. The summed E-state index contributed by atoms with van der Waals surface area (Å²) < 4.78 is 0. The summed E-state index contributed by atoms with van der Waals surface area (Å²) in [4.78, 5) is 0. The summed E-state index contributed by atoms with van der Waals surface area (Å²) in [6, 6.07) is 0. The van der Waals surface area contributed by atoms with Gasteiger partial charge in [0, 0.05) is 0 Å². The predicted molar refractivity (Wildman–Crippen MR) is 39.8 cm³/mol. The Kier molecular flexibility index (Phi) is 14.9. The Morgan fingerprint density at radius 3 is 2.33 bits per heavy atom. The first kappa shape index (κ1) is 12.0. The van der Waals surface area contributed by atoms with Crippen LogP contribution in [-0.4, -0.2) is 0 Å². The van der Waals surface area contributed by atoms with Crippen molar-refractivity contribution in [2.24, 2.45) is 0 Å². The molecule has 9 heavy (non-hydrogen) atoms. The molecular weight excluding hydrogens is 226 g/mol. The van der Waals surface area contributed by atoms with Crippen LogP contribution in [-0.2, 0) is 18.2 Å². The van der Waals surface area contributed by atoms with Gasteiger partial charge in [-0.25, -0.2) is 18.6 Å². The number of hydrogen-bond acceptors (Lipinski definition) is 0. The Labute approximate surface area is 72.4 Å². The monoisotopic (exact) mass is 236 g/mol. The van der Waals surface area contributed by atoms with Crippen molar-refractivity contribution in [1.82, 2.24) is 0 Å². The molecule has 0 atom stereocenters. The van der Waals surface area contributed by atoms with Crippen LogP contribution in [0.3, 0.4) is 0 Å². The van der Waals surface area contributed by atoms with Gasteiger partial charge < -0.3 is 0 Å². The van der Waals surface area contributed by atoms with Gasteiger partial charge in [-0.3, -0.25) is 0 Å². The molecule has 0 unspecified atom stereocenters. The minimum atomic E-state index is 0.962. The van der Waals surface area contributed by atoms with Crippen LogP contribution in [0, 0.1) is 6.92 Å². The van der Waals surface area contributed by atoms with Crippen molar-refractivity contribution in [3.8, 4) is 0 Å². The van der Waals surface area contributed by atoms with E-state index in [9.17, 15) is 0 Å². The van der Waals surface area contributed by atoms with Crippen LogP contribution >= 0.6 is 9.53 Å². The molecule has 0 radical (unpaired) electrons. The quantitative estimate of drug-likeness (QED) is 0.393. The summed E-state index contributed by atoms with van der Waals surface area (Å²) in [5, 5.41) is 0. The standard InChI is InChI=1S/C7H11.ClH.Pd/c1-4-6-7(3)5-2;;/h4-5H,1-2,6H2,3H3;1H;/q-1;;+2/p-1. The van der Waals surface area contributed by atoms with E-state index in [-0.39, 0.29) is 0 Å². The molecule has 0 aromatic carbocycles. The molecule has 0 fully saturated rings. The Balaban J connectivity index is 0. The van der Waals surface area contributed by atoms with Gasteiger partial charge >= 0.3 is 27.7 Å². The Morgan fingerprint density at radius 1 is 1.78 bits per heavy atom. The maximum absolute atomic E-state index is 4.49. The zero-order valence-corrected chi connectivity index (χ0v) is 7.78. The maximum atomic E-state index is 4.49. The van der Waals surface area contributed by atoms with E-state index >= 15 is 0 Å². The van der Waals surface area contributed by atoms with E-state index < -0.39 is 0 Å². The van der Waals surface area contributed by atoms with Crippen molar-refractivity contribution in [3.05, 3.63) is 31.2 Å². The first-order chi connectivity index (χ1) is 4.31. The predicted octanol–water partition coefficient (Wildman–Crippen LogP) is 3.03. The van der Waals surface area contributed by atoms with Crippen LogP contribution in [0.5, 0.6) is 0 Å². The van der Waals surface area contributed by atoms with E-state index in [1.165, 1.54) is 5.57 Å². The number of hydrogen-bond donors (Lipinski definition) is 0. The van der Waals surface area contributed by atoms with Crippen molar-refractivity contribution < 1.29 is 18.2 Å². The Hall–Kier alpha value is 0.302. The summed E-state index contributed by atoms with van der Waals surface area (Å²) in [6.07, 6.45) is 4.68. The first-order valence-corrected chi connectivity index (χ1v) is 4.49. The van der Waals surface area contributed by atoms with Crippen molar-refractivity contribution in [3.63, 3.8) is 0 Å². The van der Waals surface area contributed by atoms with Gasteiger partial charge in [0.1, 0.15) is 0 Å². The second kappa shape index (κ2) is 11.1. The van der Waals surface area contributed by atoms with Gasteiger partial charge in [-0.1, -0.05) is 6.42 Å². The molecule has 0 aromatic heterocycles. The van der Waals surface area contributed by atoms with Crippen molar-refractivity contribution in [2.75, 3.05) is 0 Å². The van der Waals surface area contributed by atoms with Gasteiger partial charge in [-0.15, -0.1) is 19.6 Å². The van der Waals surface area contributed by atoms with E-state index in [1.807, 2.05) is 19.1 Å². The molecule has 0 aliphatic heterocycles. The zero-order valence-electron chi connectivity index (χ0n) is 5.47. The number of rotatable bonds is 2. The molecule has 0 amide bonds. The third kappa shape index (κ3) is 11.7. The van der Waals surface area contributed by atoms with Crippen LogP contribution in [0.4, 0.5) is 0 Å². The summed E-state index contributed by atoms with van der Waals surface area (Å²) in [5.74, 6) is 0. The molecule has 0 nitrogen and oxygen atoms in total. The van der Waals surface area contributed by atoms with Crippen LogP contribution in [0.2, 0.25) is 0 Å². The van der Waals surface area contributed by atoms with E-state index in [0.717, 1.165) is 6.42 Å². The van der Waals surface area contributed by atoms with Crippen molar-refractivity contribution >= 4 is 9.53 Å². The molecule has 56 valence electrons.